The molecule has 4 nitrogen and oxygen atoms in total. The summed E-state index contributed by atoms with van der Waals surface area (Å²) in [6.07, 6.45) is 0.964. The molecule has 0 aliphatic carbocycles. The highest BCUT2D eigenvalue weighted by Crippen LogP contribution is 2.23. The topological polar surface area (TPSA) is 58.4 Å². The Morgan fingerprint density at radius 2 is 2.18 bits per heavy atom. The van der Waals surface area contributed by atoms with Crippen LogP contribution in [-0.4, -0.2) is 37.0 Å². The molecule has 1 heterocycles. The maximum Gasteiger partial charge on any atom is 0.256 e. The molecule has 0 bridgehead atoms. The van der Waals surface area contributed by atoms with Gasteiger partial charge in [0.05, 0.1) is 16.3 Å². The highest BCUT2D eigenvalue weighted by molar-refractivity contribution is 6.33. The molecule has 2 rings (SSSR count). The van der Waals surface area contributed by atoms with Gasteiger partial charge in [-0.2, -0.15) is 0 Å². The molecule has 0 atom stereocenters. The zero-order chi connectivity index (χ0) is 12.3. The van der Waals surface area contributed by atoms with Crippen molar-refractivity contribution in [3.8, 4) is 0 Å². The molecular weight excluding hydrogens is 238 g/mol. The monoisotopic (exact) mass is 253 g/mol. The molecule has 1 aromatic rings. The number of halogens is 1. The third-order valence-corrected chi connectivity index (χ3v) is 3.24. The van der Waals surface area contributed by atoms with Gasteiger partial charge in [0.1, 0.15) is 0 Å². The van der Waals surface area contributed by atoms with E-state index in [4.69, 9.17) is 17.3 Å². The van der Waals surface area contributed by atoms with E-state index in [-0.39, 0.29) is 5.91 Å². The molecule has 0 unspecified atom stereocenters. The van der Waals surface area contributed by atoms with Crippen LogP contribution in [0, 0.1) is 0 Å². The lowest BCUT2D eigenvalue weighted by Crippen LogP contribution is -2.34. The summed E-state index contributed by atoms with van der Waals surface area (Å²) >= 11 is 5.92. The van der Waals surface area contributed by atoms with E-state index < -0.39 is 0 Å². The van der Waals surface area contributed by atoms with Gasteiger partial charge >= 0.3 is 0 Å². The lowest BCUT2D eigenvalue weighted by atomic mass is 10.1. The smallest absolute Gasteiger partial charge is 0.256 e. The molecule has 92 valence electrons. The third-order valence-electron chi connectivity index (χ3n) is 2.91. The second-order valence-electron chi connectivity index (χ2n) is 4.10. The summed E-state index contributed by atoms with van der Waals surface area (Å²) in [7, 11) is 0. The summed E-state index contributed by atoms with van der Waals surface area (Å²) in [6.45, 7) is 3.25. The summed E-state index contributed by atoms with van der Waals surface area (Å²) in [6, 6.07) is 5.17. The summed E-state index contributed by atoms with van der Waals surface area (Å²) in [5.41, 5.74) is 6.71. The molecule has 0 aromatic heterocycles. The van der Waals surface area contributed by atoms with Crippen LogP contribution in [0.4, 0.5) is 5.69 Å². The van der Waals surface area contributed by atoms with Crippen LogP contribution in [0.3, 0.4) is 0 Å². The predicted molar refractivity (Wildman–Crippen MR) is 69.3 cm³/mol. The number of anilines is 1. The Morgan fingerprint density at radius 3 is 3.00 bits per heavy atom. The number of nitrogens with two attached hydrogens (primary N) is 1. The van der Waals surface area contributed by atoms with Crippen LogP contribution in [0.1, 0.15) is 16.8 Å². The number of nitrogens with one attached hydrogen (secondary N) is 1. The largest absolute Gasteiger partial charge is 0.397 e. The fraction of sp³-hybridized carbons (Fsp3) is 0.417. The van der Waals surface area contributed by atoms with Gasteiger partial charge in [0.15, 0.2) is 0 Å². The third kappa shape index (κ3) is 2.70. The maximum atomic E-state index is 12.3. The van der Waals surface area contributed by atoms with Crippen LogP contribution in [0.15, 0.2) is 18.2 Å². The fourth-order valence-electron chi connectivity index (χ4n) is 1.94. The van der Waals surface area contributed by atoms with Crippen molar-refractivity contribution in [3.63, 3.8) is 0 Å². The highest BCUT2D eigenvalue weighted by Gasteiger charge is 2.19. The first-order valence-electron chi connectivity index (χ1n) is 5.74. The highest BCUT2D eigenvalue weighted by atomic mass is 35.5. The SMILES string of the molecule is Nc1c(Cl)cccc1C(=O)N1CCCNCC1. The minimum absolute atomic E-state index is 0.0336. The van der Waals surface area contributed by atoms with Crippen molar-refractivity contribution in [1.82, 2.24) is 10.2 Å². The summed E-state index contributed by atoms with van der Waals surface area (Å²) < 4.78 is 0. The van der Waals surface area contributed by atoms with E-state index in [1.165, 1.54) is 0 Å². The van der Waals surface area contributed by atoms with Crippen molar-refractivity contribution in [2.45, 2.75) is 6.42 Å². The Morgan fingerprint density at radius 1 is 1.35 bits per heavy atom. The Bertz CT molecular complexity index is 414. The van der Waals surface area contributed by atoms with E-state index in [0.29, 0.717) is 22.8 Å². The zero-order valence-corrected chi connectivity index (χ0v) is 10.3. The van der Waals surface area contributed by atoms with Crippen LogP contribution in [0.2, 0.25) is 5.02 Å². The molecule has 0 spiro atoms. The molecule has 5 heteroatoms. The average molecular weight is 254 g/mol. The van der Waals surface area contributed by atoms with E-state index in [1.807, 2.05) is 4.90 Å². The summed E-state index contributed by atoms with van der Waals surface area (Å²) in [4.78, 5) is 14.1. The van der Waals surface area contributed by atoms with Crippen LogP contribution in [-0.2, 0) is 0 Å². The van der Waals surface area contributed by atoms with Gasteiger partial charge in [0.25, 0.3) is 5.91 Å². The first kappa shape index (κ1) is 12.2. The number of carbonyl (C=O) groups excluding carboxylic acids is 1. The zero-order valence-electron chi connectivity index (χ0n) is 9.58. The average Bonchev–Trinajstić information content (AvgIpc) is 2.60. The Hall–Kier alpha value is -1.26. The molecule has 1 aliphatic heterocycles. The molecule has 0 saturated carbocycles. The number of hydrogen-bond donors (Lipinski definition) is 2. The molecule has 1 saturated heterocycles. The lowest BCUT2D eigenvalue weighted by molar-refractivity contribution is 0.0767. The molecule has 0 radical (unpaired) electrons. The van der Waals surface area contributed by atoms with Crippen LogP contribution < -0.4 is 11.1 Å². The normalized spacial score (nSPS) is 16.6. The van der Waals surface area contributed by atoms with Crippen molar-refractivity contribution in [1.29, 1.82) is 0 Å². The second-order valence-corrected chi connectivity index (χ2v) is 4.50. The number of amides is 1. The van der Waals surface area contributed by atoms with Crippen molar-refractivity contribution >= 4 is 23.2 Å². The first-order chi connectivity index (χ1) is 8.20. The Labute approximate surface area is 106 Å². The number of nitrogens with zero attached hydrogens (tertiary/aromatic N) is 1. The molecule has 1 aromatic carbocycles. The number of benzene rings is 1. The Kier molecular flexibility index (Phi) is 3.86. The van der Waals surface area contributed by atoms with Crippen LogP contribution >= 0.6 is 11.6 Å². The molecule has 1 amide bonds. The van der Waals surface area contributed by atoms with Crippen molar-refractivity contribution in [3.05, 3.63) is 28.8 Å². The van der Waals surface area contributed by atoms with Gasteiger partial charge in [-0.05, 0) is 25.1 Å². The fourth-order valence-corrected chi connectivity index (χ4v) is 2.12. The van der Waals surface area contributed by atoms with Gasteiger partial charge in [-0.3, -0.25) is 4.79 Å². The molecule has 3 N–H and O–H groups in total. The number of rotatable bonds is 1. The molecule has 1 fully saturated rings. The van der Waals surface area contributed by atoms with E-state index in [2.05, 4.69) is 5.32 Å². The standard InChI is InChI=1S/C12H16ClN3O/c13-10-4-1-3-9(11(10)14)12(17)16-7-2-5-15-6-8-16/h1,3-4,15H,2,5-8,14H2. The van der Waals surface area contributed by atoms with Gasteiger partial charge < -0.3 is 16.0 Å². The van der Waals surface area contributed by atoms with E-state index in [1.54, 1.807) is 18.2 Å². The van der Waals surface area contributed by atoms with E-state index in [0.717, 1.165) is 26.1 Å². The van der Waals surface area contributed by atoms with Gasteiger partial charge in [-0.25, -0.2) is 0 Å². The minimum Gasteiger partial charge on any atom is -0.397 e. The summed E-state index contributed by atoms with van der Waals surface area (Å²) in [5.74, 6) is -0.0336. The summed E-state index contributed by atoms with van der Waals surface area (Å²) in [5, 5.41) is 3.69. The van der Waals surface area contributed by atoms with Gasteiger partial charge in [-0.1, -0.05) is 17.7 Å². The number of nitrogen functional groups attached to an aromatic ring is 1. The second kappa shape index (κ2) is 5.38. The van der Waals surface area contributed by atoms with Crippen LogP contribution in [0.5, 0.6) is 0 Å². The molecular formula is C12H16ClN3O. The number of para-hydroxylation sites is 1. The molecule has 17 heavy (non-hydrogen) atoms. The van der Waals surface area contributed by atoms with Crippen LogP contribution in [0.25, 0.3) is 0 Å². The maximum absolute atomic E-state index is 12.3. The van der Waals surface area contributed by atoms with Crippen molar-refractivity contribution in [2.75, 3.05) is 31.9 Å². The van der Waals surface area contributed by atoms with E-state index in [9.17, 15) is 4.79 Å². The lowest BCUT2D eigenvalue weighted by Gasteiger charge is -2.21. The van der Waals surface area contributed by atoms with Gasteiger partial charge in [-0.15, -0.1) is 0 Å². The first-order valence-corrected chi connectivity index (χ1v) is 6.12. The number of hydrogen-bond acceptors (Lipinski definition) is 3. The van der Waals surface area contributed by atoms with Crippen molar-refractivity contribution < 1.29 is 4.79 Å². The minimum atomic E-state index is -0.0336. The Balaban J connectivity index is 2.20. The van der Waals surface area contributed by atoms with Gasteiger partial charge in [0, 0.05) is 19.6 Å². The molecule has 1 aliphatic rings. The quantitative estimate of drug-likeness (QED) is 0.743. The van der Waals surface area contributed by atoms with E-state index >= 15 is 0 Å². The van der Waals surface area contributed by atoms with Gasteiger partial charge in [0.2, 0.25) is 0 Å². The number of carbonyl (C=O) groups is 1. The van der Waals surface area contributed by atoms with Crippen molar-refractivity contribution in [2.24, 2.45) is 0 Å². The predicted octanol–water partition coefficient (Wildman–Crippen LogP) is 1.36.